The average Bonchev–Trinajstić information content (AvgIpc) is 1.80. The van der Waals surface area contributed by atoms with Gasteiger partial charge >= 0.3 is 0 Å². The standard InChI is InChI=1S/C8H16N2/c1-5-6-10-7(9)8(2,3)4/h5-6H,1-4H3,(H2,9,10)/b6-5-. The first-order chi connectivity index (χ1) is 4.48. The van der Waals surface area contributed by atoms with E-state index in [9.17, 15) is 0 Å². The van der Waals surface area contributed by atoms with Crippen LogP contribution in [0.25, 0.3) is 0 Å². The van der Waals surface area contributed by atoms with Gasteiger partial charge in [-0.15, -0.1) is 0 Å². The summed E-state index contributed by atoms with van der Waals surface area (Å²) in [6, 6.07) is 0. The van der Waals surface area contributed by atoms with Crippen molar-refractivity contribution in [3.05, 3.63) is 12.3 Å². The first-order valence-electron chi connectivity index (χ1n) is 3.43. The lowest BCUT2D eigenvalue weighted by Crippen LogP contribution is -2.28. The van der Waals surface area contributed by atoms with Gasteiger partial charge in [0.05, 0.1) is 0 Å². The molecule has 2 nitrogen and oxygen atoms in total. The number of hydrogen-bond acceptors (Lipinski definition) is 1. The molecule has 0 atom stereocenters. The molecule has 0 saturated heterocycles. The Kier molecular flexibility index (Phi) is 3.13. The second-order valence-electron chi connectivity index (χ2n) is 3.25. The largest absolute Gasteiger partial charge is 0.387 e. The molecule has 0 amide bonds. The third kappa shape index (κ3) is 3.28. The van der Waals surface area contributed by atoms with Crippen LogP contribution in [0.3, 0.4) is 0 Å². The topological polar surface area (TPSA) is 38.4 Å². The molecular weight excluding hydrogens is 124 g/mol. The fraction of sp³-hybridized carbons (Fsp3) is 0.625. The first kappa shape index (κ1) is 9.21. The molecule has 0 spiro atoms. The minimum absolute atomic E-state index is 0.0144. The SMILES string of the molecule is C/C=C\N=C(N)C(C)(C)C. The smallest absolute Gasteiger partial charge is 0.104 e. The quantitative estimate of drug-likeness (QED) is 0.438. The van der Waals surface area contributed by atoms with E-state index in [1.807, 2.05) is 33.8 Å². The van der Waals surface area contributed by atoms with Crippen molar-refractivity contribution in [2.75, 3.05) is 0 Å². The molecule has 0 heterocycles. The lowest BCUT2D eigenvalue weighted by Gasteiger charge is -2.16. The molecule has 0 radical (unpaired) electrons. The van der Waals surface area contributed by atoms with E-state index in [4.69, 9.17) is 5.73 Å². The monoisotopic (exact) mass is 140 g/mol. The van der Waals surface area contributed by atoms with E-state index in [0.717, 1.165) is 0 Å². The first-order valence-corrected chi connectivity index (χ1v) is 3.43. The zero-order valence-corrected chi connectivity index (χ0v) is 7.18. The Labute approximate surface area is 62.8 Å². The summed E-state index contributed by atoms with van der Waals surface area (Å²) in [6.45, 7) is 8.03. The van der Waals surface area contributed by atoms with E-state index in [-0.39, 0.29) is 5.41 Å². The summed E-state index contributed by atoms with van der Waals surface area (Å²) in [5.41, 5.74) is 5.62. The molecule has 0 aromatic rings. The van der Waals surface area contributed by atoms with Crippen LogP contribution >= 0.6 is 0 Å². The van der Waals surface area contributed by atoms with Gasteiger partial charge in [-0.05, 0) is 6.92 Å². The molecule has 2 N–H and O–H groups in total. The number of nitrogens with two attached hydrogens (primary N) is 1. The maximum atomic E-state index is 5.64. The second-order valence-corrected chi connectivity index (χ2v) is 3.25. The molecule has 0 aliphatic rings. The van der Waals surface area contributed by atoms with Crippen LogP contribution in [0.1, 0.15) is 27.7 Å². The molecule has 0 unspecified atom stereocenters. The van der Waals surface area contributed by atoms with Gasteiger partial charge < -0.3 is 5.73 Å². The van der Waals surface area contributed by atoms with Crippen molar-refractivity contribution in [1.29, 1.82) is 0 Å². The molecule has 0 aliphatic heterocycles. The number of nitrogens with zero attached hydrogens (tertiary/aromatic N) is 1. The second kappa shape index (κ2) is 3.40. The molecule has 0 saturated carbocycles. The zero-order valence-electron chi connectivity index (χ0n) is 7.18. The van der Waals surface area contributed by atoms with Crippen LogP contribution in [0.15, 0.2) is 17.3 Å². The number of allylic oxidation sites excluding steroid dienone is 1. The van der Waals surface area contributed by atoms with Crippen molar-refractivity contribution in [2.45, 2.75) is 27.7 Å². The van der Waals surface area contributed by atoms with Crippen LogP contribution in [0, 0.1) is 5.41 Å². The fourth-order valence-corrected chi connectivity index (χ4v) is 0.348. The van der Waals surface area contributed by atoms with Gasteiger partial charge in [0.1, 0.15) is 5.84 Å². The van der Waals surface area contributed by atoms with Gasteiger partial charge in [0, 0.05) is 11.6 Å². The highest BCUT2D eigenvalue weighted by molar-refractivity contribution is 5.85. The maximum absolute atomic E-state index is 5.64. The van der Waals surface area contributed by atoms with Crippen molar-refractivity contribution < 1.29 is 0 Å². The minimum atomic E-state index is -0.0144. The Hall–Kier alpha value is -0.790. The molecule has 10 heavy (non-hydrogen) atoms. The van der Waals surface area contributed by atoms with Crippen LogP contribution < -0.4 is 5.73 Å². The highest BCUT2D eigenvalue weighted by Crippen LogP contribution is 2.12. The Morgan fingerprint density at radius 2 is 1.90 bits per heavy atom. The van der Waals surface area contributed by atoms with Crippen LogP contribution in [-0.2, 0) is 0 Å². The molecular formula is C8H16N2. The van der Waals surface area contributed by atoms with Gasteiger partial charge in [0.2, 0.25) is 0 Å². The van der Waals surface area contributed by atoms with Crippen molar-refractivity contribution >= 4 is 5.84 Å². The summed E-state index contributed by atoms with van der Waals surface area (Å²) >= 11 is 0. The summed E-state index contributed by atoms with van der Waals surface area (Å²) in [5.74, 6) is 0.672. The Bertz CT molecular complexity index is 149. The van der Waals surface area contributed by atoms with E-state index in [2.05, 4.69) is 4.99 Å². The summed E-state index contributed by atoms with van der Waals surface area (Å²) in [6.07, 6.45) is 3.57. The van der Waals surface area contributed by atoms with Crippen molar-refractivity contribution in [1.82, 2.24) is 0 Å². The third-order valence-corrected chi connectivity index (χ3v) is 1.13. The molecule has 0 bridgehead atoms. The van der Waals surface area contributed by atoms with Crippen molar-refractivity contribution in [3.63, 3.8) is 0 Å². The van der Waals surface area contributed by atoms with Gasteiger partial charge in [0.25, 0.3) is 0 Å². The number of amidine groups is 1. The normalized spacial score (nSPS) is 14.6. The van der Waals surface area contributed by atoms with Crippen LogP contribution in [0.5, 0.6) is 0 Å². The number of rotatable bonds is 1. The summed E-state index contributed by atoms with van der Waals surface area (Å²) in [4.78, 5) is 4.03. The molecule has 58 valence electrons. The van der Waals surface area contributed by atoms with Crippen LogP contribution in [-0.4, -0.2) is 5.84 Å². The van der Waals surface area contributed by atoms with E-state index in [0.29, 0.717) is 5.84 Å². The molecule has 0 rings (SSSR count). The predicted octanol–water partition coefficient (Wildman–Crippen LogP) is 1.92. The van der Waals surface area contributed by atoms with Crippen LogP contribution in [0.2, 0.25) is 0 Å². The Morgan fingerprint density at radius 3 is 2.20 bits per heavy atom. The van der Waals surface area contributed by atoms with Crippen molar-refractivity contribution in [2.24, 2.45) is 16.1 Å². The molecule has 0 aromatic carbocycles. The van der Waals surface area contributed by atoms with Gasteiger partial charge in [-0.3, -0.25) is 0 Å². The maximum Gasteiger partial charge on any atom is 0.104 e. The Balaban J connectivity index is 4.20. The summed E-state index contributed by atoms with van der Waals surface area (Å²) in [7, 11) is 0. The number of aliphatic imine (C=N–C) groups is 1. The zero-order chi connectivity index (χ0) is 8.20. The molecule has 2 heteroatoms. The van der Waals surface area contributed by atoms with Gasteiger partial charge in [-0.1, -0.05) is 26.8 Å². The lowest BCUT2D eigenvalue weighted by atomic mass is 9.95. The Morgan fingerprint density at radius 1 is 1.40 bits per heavy atom. The van der Waals surface area contributed by atoms with Gasteiger partial charge in [0.15, 0.2) is 0 Å². The fourth-order valence-electron chi connectivity index (χ4n) is 0.348. The minimum Gasteiger partial charge on any atom is -0.387 e. The number of hydrogen-bond donors (Lipinski definition) is 1. The van der Waals surface area contributed by atoms with Gasteiger partial charge in [-0.2, -0.15) is 0 Å². The van der Waals surface area contributed by atoms with E-state index in [1.165, 1.54) is 0 Å². The summed E-state index contributed by atoms with van der Waals surface area (Å²) in [5, 5.41) is 0. The molecule has 0 fully saturated rings. The molecule has 0 aliphatic carbocycles. The summed E-state index contributed by atoms with van der Waals surface area (Å²) < 4.78 is 0. The molecule has 0 aromatic heterocycles. The highest BCUT2D eigenvalue weighted by atomic mass is 14.9. The highest BCUT2D eigenvalue weighted by Gasteiger charge is 2.13. The van der Waals surface area contributed by atoms with E-state index < -0.39 is 0 Å². The average molecular weight is 140 g/mol. The van der Waals surface area contributed by atoms with Crippen LogP contribution in [0.4, 0.5) is 0 Å². The predicted molar refractivity (Wildman–Crippen MR) is 45.9 cm³/mol. The van der Waals surface area contributed by atoms with E-state index in [1.54, 1.807) is 6.20 Å². The van der Waals surface area contributed by atoms with E-state index >= 15 is 0 Å². The van der Waals surface area contributed by atoms with Crippen molar-refractivity contribution in [3.8, 4) is 0 Å². The third-order valence-electron chi connectivity index (χ3n) is 1.13. The van der Waals surface area contributed by atoms with Gasteiger partial charge in [-0.25, -0.2) is 4.99 Å². The lowest BCUT2D eigenvalue weighted by molar-refractivity contribution is 0.585.